The molecule has 0 saturated heterocycles. The Labute approximate surface area is 169 Å². The van der Waals surface area contributed by atoms with Gasteiger partial charge in [-0.3, -0.25) is 0 Å². The molecule has 9 nitrogen and oxygen atoms in total. The minimum absolute atomic E-state index is 0.0868. The second-order valence-electron chi connectivity index (χ2n) is 7.48. The van der Waals surface area contributed by atoms with Crippen LogP contribution in [0.15, 0.2) is 39.9 Å². The Morgan fingerprint density at radius 3 is 2.52 bits per heavy atom. The second kappa shape index (κ2) is 7.54. The van der Waals surface area contributed by atoms with Crippen LogP contribution < -0.4 is 10.5 Å². The normalized spacial score (nSPS) is 12.3. The summed E-state index contributed by atoms with van der Waals surface area (Å²) in [6, 6.07) is 6.66. The Balaban J connectivity index is 2.02. The first-order chi connectivity index (χ1) is 13.4. The minimum Gasteiger partial charge on any atom is -0.389 e. The van der Waals surface area contributed by atoms with E-state index in [0.717, 1.165) is 5.56 Å². The summed E-state index contributed by atoms with van der Waals surface area (Å²) in [6.45, 7) is 6.43. The molecule has 10 heteroatoms. The molecule has 1 aromatic carbocycles. The van der Waals surface area contributed by atoms with E-state index in [1.165, 1.54) is 19.9 Å². The standard InChI is InChI=1S/C19H23N5O4S/c1-11-5-13(7-15(6-11)29(26,27)22-10-19(3,4)25)14-8-16(17(20)21-9-14)18-23-12(2)24-28-18/h5-9,22,25H,10H2,1-4H3,(H2,20,21). The van der Waals surface area contributed by atoms with Crippen molar-refractivity contribution < 1.29 is 18.0 Å². The third kappa shape index (κ3) is 4.97. The lowest BCUT2D eigenvalue weighted by Crippen LogP contribution is -2.38. The fourth-order valence-corrected chi connectivity index (χ4v) is 3.97. The van der Waals surface area contributed by atoms with Gasteiger partial charge in [0, 0.05) is 18.3 Å². The van der Waals surface area contributed by atoms with Gasteiger partial charge in [0.05, 0.1) is 16.1 Å². The number of hydrogen-bond donors (Lipinski definition) is 3. The zero-order valence-electron chi connectivity index (χ0n) is 16.6. The van der Waals surface area contributed by atoms with Crippen LogP contribution in [0.25, 0.3) is 22.6 Å². The number of nitrogens with two attached hydrogens (primary N) is 1. The number of aryl methyl sites for hydroxylation is 2. The number of hydrogen-bond acceptors (Lipinski definition) is 8. The third-order valence-corrected chi connectivity index (χ3v) is 5.45. The SMILES string of the molecule is Cc1cc(-c2cnc(N)c(-c3nc(C)no3)c2)cc(S(=O)(=O)NCC(C)(C)O)c1. The predicted molar refractivity (Wildman–Crippen MR) is 108 cm³/mol. The number of nitrogens with zero attached hydrogens (tertiary/aromatic N) is 3. The van der Waals surface area contributed by atoms with E-state index in [4.69, 9.17) is 10.3 Å². The molecule has 29 heavy (non-hydrogen) atoms. The highest BCUT2D eigenvalue weighted by atomic mass is 32.2. The minimum atomic E-state index is -3.81. The summed E-state index contributed by atoms with van der Waals surface area (Å²) in [7, 11) is -3.81. The first-order valence-electron chi connectivity index (χ1n) is 8.85. The van der Waals surface area contributed by atoms with Gasteiger partial charge >= 0.3 is 0 Å². The Bertz CT molecular complexity index is 1150. The first-order valence-corrected chi connectivity index (χ1v) is 10.3. The molecule has 3 rings (SSSR count). The summed E-state index contributed by atoms with van der Waals surface area (Å²) in [6.07, 6.45) is 1.55. The van der Waals surface area contributed by atoms with E-state index in [-0.39, 0.29) is 23.1 Å². The molecular weight excluding hydrogens is 394 g/mol. The summed E-state index contributed by atoms with van der Waals surface area (Å²) < 4.78 is 32.9. The largest absolute Gasteiger partial charge is 0.389 e. The van der Waals surface area contributed by atoms with Crippen molar-refractivity contribution in [3.8, 4) is 22.6 Å². The number of anilines is 1. The average Bonchev–Trinajstić information content (AvgIpc) is 3.05. The fourth-order valence-electron chi connectivity index (χ4n) is 2.64. The molecule has 2 aromatic heterocycles. The van der Waals surface area contributed by atoms with Crippen LogP contribution in [0.5, 0.6) is 0 Å². The number of nitrogen functional groups attached to an aromatic ring is 1. The molecule has 0 unspecified atom stereocenters. The molecule has 4 N–H and O–H groups in total. The summed E-state index contributed by atoms with van der Waals surface area (Å²) in [5.74, 6) is 0.929. The molecule has 0 aliphatic rings. The second-order valence-corrected chi connectivity index (χ2v) is 9.24. The van der Waals surface area contributed by atoms with E-state index >= 15 is 0 Å². The van der Waals surface area contributed by atoms with Crippen LogP contribution in [-0.2, 0) is 10.0 Å². The van der Waals surface area contributed by atoms with E-state index in [1.807, 2.05) is 6.07 Å². The molecule has 0 radical (unpaired) electrons. The average molecular weight is 417 g/mol. The number of nitrogens with one attached hydrogen (secondary N) is 1. The van der Waals surface area contributed by atoms with Gasteiger partial charge in [-0.2, -0.15) is 4.98 Å². The van der Waals surface area contributed by atoms with E-state index in [1.54, 1.807) is 32.2 Å². The maximum absolute atomic E-state index is 12.7. The van der Waals surface area contributed by atoms with Gasteiger partial charge in [0.2, 0.25) is 10.0 Å². The van der Waals surface area contributed by atoms with E-state index in [9.17, 15) is 13.5 Å². The molecule has 0 amide bonds. The lowest BCUT2D eigenvalue weighted by Gasteiger charge is -2.18. The number of pyridine rings is 1. The van der Waals surface area contributed by atoms with Gasteiger partial charge in [0.1, 0.15) is 5.82 Å². The quantitative estimate of drug-likeness (QED) is 0.553. The number of aromatic nitrogens is 3. The molecule has 0 saturated carbocycles. The summed E-state index contributed by atoms with van der Waals surface area (Å²) >= 11 is 0. The molecule has 0 aliphatic heterocycles. The number of rotatable bonds is 6. The van der Waals surface area contributed by atoms with Gasteiger partial charge in [0.15, 0.2) is 5.82 Å². The van der Waals surface area contributed by atoms with Crippen LogP contribution in [0.3, 0.4) is 0 Å². The molecule has 0 fully saturated rings. The van der Waals surface area contributed by atoms with Crippen molar-refractivity contribution in [3.05, 3.63) is 41.9 Å². The van der Waals surface area contributed by atoms with Gasteiger partial charge in [-0.25, -0.2) is 18.1 Å². The molecule has 2 heterocycles. The maximum Gasteiger partial charge on any atom is 0.261 e. The van der Waals surface area contributed by atoms with Gasteiger partial charge in [-0.15, -0.1) is 0 Å². The summed E-state index contributed by atoms with van der Waals surface area (Å²) in [4.78, 5) is 8.44. The van der Waals surface area contributed by atoms with Crippen molar-refractivity contribution in [2.45, 2.75) is 38.2 Å². The fraction of sp³-hybridized carbons (Fsp3) is 0.316. The van der Waals surface area contributed by atoms with Crippen LogP contribution >= 0.6 is 0 Å². The maximum atomic E-state index is 12.7. The number of benzene rings is 1. The Kier molecular flexibility index (Phi) is 5.44. The lowest BCUT2D eigenvalue weighted by atomic mass is 10.0. The van der Waals surface area contributed by atoms with Crippen molar-refractivity contribution in [2.24, 2.45) is 0 Å². The van der Waals surface area contributed by atoms with Crippen LogP contribution in [-0.4, -0.2) is 40.8 Å². The number of aliphatic hydroxyl groups is 1. The summed E-state index contributed by atoms with van der Waals surface area (Å²) in [5, 5.41) is 13.6. The van der Waals surface area contributed by atoms with Gasteiger partial charge in [-0.1, -0.05) is 11.2 Å². The van der Waals surface area contributed by atoms with Crippen molar-refractivity contribution in [2.75, 3.05) is 12.3 Å². The molecule has 0 spiro atoms. The molecule has 3 aromatic rings. The highest BCUT2D eigenvalue weighted by Gasteiger charge is 2.21. The van der Waals surface area contributed by atoms with Crippen LogP contribution in [0.4, 0.5) is 5.82 Å². The van der Waals surface area contributed by atoms with Gasteiger partial charge in [0.25, 0.3) is 5.89 Å². The van der Waals surface area contributed by atoms with Crippen LogP contribution in [0, 0.1) is 13.8 Å². The first kappa shape index (κ1) is 20.9. The van der Waals surface area contributed by atoms with Crippen molar-refractivity contribution >= 4 is 15.8 Å². The van der Waals surface area contributed by atoms with E-state index in [2.05, 4.69) is 19.8 Å². The molecule has 154 valence electrons. The zero-order chi connectivity index (χ0) is 21.4. The molecule has 0 atom stereocenters. The topological polar surface area (TPSA) is 144 Å². The molecular formula is C19H23N5O4S. The van der Waals surface area contributed by atoms with Crippen molar-refractivity contribution in [3.63, 3.8) is 0 Å². The monoisotopic (exact) mass is 417 g/mol. The highest BCUT2D eigenvalue weighted by molar-refractivity contribution is 7.89. The third-order valence-electron chi connectivity index (χ3n) is 4.07. The Hall–Kier alpha value is -2.82. The van der Waals surface area contributed by atoms with Crippen molar-refractivity contribution in [1.29, 1.82) is 0 Å². The predicted octanol–water partition coefficient (Wildman–Crippen LogP) is 2.05. The Morgan fingerprint density at radius 1 is 1.17 bits per heavy atom. The number of sulfonamides is 1. The Morgan fingerprint density at radius 2 is 1.90 bits per heavy atom. The molecule has 0 aliphatic carbocycles. The van der Waals surface area contributed by atoms with E-state index in [0.29, 0.717) is 22.5 Å². The van der Waals surface area contributed by atoms with E-state index < -0.39 is 15.6 Å². The van der Waals surface area contributed by atoms with Crippen LogP contribution in [0.2, 0.25) is 0 Å². The zero-order valence-corrected chi connectivity index (χ0v) is 17.4. The lowest BCUT2D eigenvalue weighted by molar-refractivity contribution is 0.0857. The van der Waals surface area contributed by atoms with Crippen LogP contribution in [0.1, 0.15) is 25.2 Å². The van der Waals surface area contributed by atoms with Gasteiger partial charge in [-0.05, 0) is 57.0 Å². The summed E-state index contributed by atoms with van der Waals surface area (Å²) in [5.41, 5.74) is 7.28. The molecule has 0 bridgehead atoms. The highest BCUT2D eigenvalue weighted by Crippen LogP contribution is 2.30. The van der Waals surface area contributed by atoms with Gasteiger partial charge < -0.3 is 15.4 Å². The van der Waals surface area contributed by atoms with Crippen molar-refractivity contribution in [1.82, 2.24) is 19.8 Å². The smallest absolute Gasteiger partial charge is 0.261 e.